The number of hydrogen-bond donors (Lipinski definition) is 0. The van der Waals surface area contributed by atoms with Crippen LogP contribution in [-0.4, -0.2) is 62.0 Å². The van der Waals surface area contributed by atoms with Gasteiger partial charge in [-0.25, -0.2) is 4.98 Å². The molecule has 0 unspecified atom stereocenters. The molecule has 1 aliphatic rings. The van der Waals surface area contributed by atoms with E-state index in [-0.39, 0.29) is 5.91 Å². The van der Waals surface area contributed by atoms with Crippen LogP contribution in [-0.2, 0) is 6.54 Å². The largest absolute Gasteiger partial charge is 0.335 e. The lowest BCUT2D eigenvalue weighted by Gasteiger charge is -2.34. The van der Waals surface area contributed by atoms with Gasteiger partial charge in [-0.3, -0.25) is 14.7 Å². The van der Waals surface area contributed by atoms with E-state index in [2.05, 4.69) is 37.1 Å². The fourth-order valence-electron chi connectivity index (χ4n) is 3.63. The van der Waals surface area contributed by atoms with Gasteiger partial charge in [0.2, 0.25) is 5.82 Å². The summed E-state index contributed by atoms with van der Waals surface area (Å²) in [6.07, 6.45) is 3.18. The SMILES string of the molecule is Cc1cnc(C(=O)N2CCN(Cc3ccc(-c4noc(-c5cccs5)n4)cc3)CC2)cn1. The van der Waals surface area contributed by atoms with Crippen molar-refractivity contribution in [3.63, 3.8) is 0 Å². The molecule has 4 aromatic rings. The van der Waals surface area contributed by atoms with Crippen LogP contribution in [0, 0.1) is 6.92 Å². The molecule has 1 fully saturated rings. The zero-order valence-corrected chi connectivity index (χ0v) is 18.5. The molecule has 0 N–H and O–H groups in total. The van der Waals surface area contributed by atoms with Crippen molar-refractivity contribution in [3.05, 3.63) is 71.1 Å². The van der Waals surface area contributed by atoms with Crippen molar-refractivity contribution >= 4 is 17.2 Å². The van der Waals surface area contributed by atoms with Crippen LogP contribution in [0.3, 0.4) is 0 Å². The van der Waals surface area contributed by atoms with Gasteiger partial charge in [0.15, 0.2) is 0 Å². The Morgan fingerprint density at radius 2 is 1.88 bits per heavy atom. The highest BCUT2D eigenvalue weighted by Gasteiger charge is 2.23. The summed E-state index contributed by atoms with van der Waals surface area (Å²) in [6, 6.07) is 12.2. The van der Waals surface area contributed by atoms with E-state index >= 15 is 0 Å². The Bertz CT molecular complexity index is 1180. The van der Waals surface area contributed by atoms with Gasteiger partial charge in [-0.2, -0.15) is 4.98 Å². The fourth-order valence-corrected chi connectivity index (χ4v) is 4.28. The Kier molecular flexibility index (Phi) is 5.74. The minimum atomic E-state index is -0.0523. The monoisotopic (exact) mass is 446 g/mol. The first kappa shape index (κ1) is 20.5. The van der Waals surface area contributed by atoms with Gasteiger partial charge in [0.25, 0.3) is 11.8 Å². The van der Waals surface area contributed by atoms with Crippen LogP contribution in [0.2, 0.25) is 0 Å². The summed E-state index contributed by atoms with van der Waals surface area (Å²) in [5.41, 5.74) is 3.35. The Morgan fingerprint density at radius 3 is 2.56 bits per heavy atom. The molecule has 8 nitrogen and oxygen atoms in total. The second-order valence-electron chi connectivity index (χ2n) is 7.71. The molecular formula is C23H22N6O2S. The van der Waals surface area contributed by atoms with Gasteiger partial charge in [-0.15, -0.1) is 11.3 Å². The lowest BCUT2D eigenvalue weighted by atomic mass is 10.1. The van der Waals surface area contributed by atoms with Crippen LogP contribution < -0.4 is 0 Å². The van der Waals surface area contributed by atoms with Gasteiger partial charge in [-0.05, 0) is 23.9 Å². The molecule has 0 bridgehead atoms. The lowest BCUT2D eigenvalue weighted by molar-refractivity contribution is 0.0622. The molecule has 0 spiro atoms. The lowest BCUT2D eigenvalue weighted by Crippen LogP contribution is -2.48. The van der Waals surface area contributed by atoms with Gasteiger partial charge in [0.1, 0.15) is 5.69 Å². The number of piperazine rings is 1. The van der Waals surface area contributed by atoms with Crippen molar-refractivity contribution in [1.29, 1.82) is 0 Å². The Hall–Kier alpha value is -3.43. The number of aryl methyl sites for hydroxylation is 1. The van der Waals surface area contributed by atoms with Gasteiger partial charge in [-0.1, -0.05) is 35.5 Å². The second-order valence-corrected chi connectivity index (χ2v) is 8.66. The summed E-state index contributed by atoms with van der Waals surface area (Å²) < 4.78 is 5.38. The molecular weight excluding hydrogens is 424 g/mol. The third-order valence-electron chi connectivity index (χ3n) is 5.44. The second kappa shape index (κ2) is 8.97. The predicted octanol–water partition coefficient (Wildman–Crippen LogP) is 3.52. The number of amides is 1. The highest BCUT2D eigenvalue weighted by Crippen LogP contribution is 2.26. The van der Waals surface area contributed by atoms with Crippen molar-refractivity contribution in [3.8, 4) is 22.2 Å². The smallest absolute Gasteiger partial charge is 0.274 e. The van der Waals surface area contributed by atoms with E-state index in [1.807, 2.05) is 41.5 Å². The third kappa shape index (κ3) is 4.44. The summed E-state index contributed by atoms with van der Waals surface area (Å²) in [5, 5.41) is 6.09. The maximum atomic E-state index is 12.6. The van der Waals surface area contributed by atoms with Gasteiger partial charge >= 0.3 is 0 Å². The molecule has 3 aromatic heterocycles. The standard InChI is InChI=1S/C23H22N6O2S/c1-16-13-25-19(14-24-16)23(30)29-10-8-28(9-11-29)15-17-4-6-18(7-5-17)21-26-22(31-27-21)20-3-2-12-32-20/h2-7,12-14H,8-11,15H2,1H3. The van der Waals surface area contributed by atoms with Crippen LogP contribution in [0.4, 0.5) is 0 Å². The number of nitrogens with zero attached hydrogens (tertiary/aromatic N) is 6. The van der Waals surface area contributed by atoms with Crippen LogP contribution in [0.5, 0.6) is 0 Å². The van der Waals surface area contributed by atoms with E-state index in [0.717, 1.165) is 35.8 Å². The molecule has 1 aliphatic heterocycles. The van der Waals surface area contributed by atoms with Crippen molar-refractivity contribution in [1.82, 2.24) is 29.9 Å². The van der Waals surface area contributed by atoms with E-state index in [9.17, 15) is 4.79 Å². The van der Waals surface area contributed by atoms with E-state index in [4.69, 9.17) is 4.52 Å². The molecule has 1 amide bonds. The molecule has 0 radical (unpaired) electrons. The zero-order valence-electron chi connectivity index (χ0n) is 17.6. The summed E-state index contributed by atoms with van der Waals surface area (Å²) in [7, 11) is 0. The Labute approximate surface area is 189 Å². The van der Waals surface area contributed by atoms with Crippen molar-refractivity contribution in [2.24, 2.45) is 0 Å². The van der Waals surface area contributed by atoms with Crippen LogP contribution >= 0.6 is 11.3 Å². The number of thiophene rings is 1. The minimum Gasteiger partial charge on any atom is -0.335 e. The summed E-state index contributed by atoms with van der Waals surface area (Å²) in [5.74, 6) is 1.08. The minimum absolute atomic E-state index is 0.0523. The molecule has 0 atom stereocenters. The van der Waals surface area contributed by atoms with Gasteiger partial charge < -0.3 is 9.42 Å². The molecule has 1 saturated heterocycles. The van der Waals surface area contributed by atoms with Crippen molar-refractivity contribution in [2.75, 3.05) is 26.2 Å². The molecule has 5 rings (SSSR count). The zero-order chi connectivity index (χ0) is 21.9. The van der Waals surface area contributed by atoms with Crippen LogP contribution in [0.1, 0.15) is 21.7 Å². The Balaban J connectivity index is 1.16. The molecule has 9 heteroatoms. The molecule has 0 saturated carbocycles. The first-order valence-electron chi connectivity index (χ1n) is 10.4. The number of carbonyl (C=O) groups excluding carboxylic acids is 1. The van der Waals surface area contributed by atoms with E-state index in [1.165, 1.54) is 5.56 Å². The number of benzene rings is 1. The third-order valence-corrected chi connectivity index (χ3v) is 6.29. The maximum absolute atomic E-state index is 12.6. The van der Waals surface area contributed by atoms with Crippen LogP contribution in [0.25, 0.3) is 22.2 Å². The average Bonchev–Trinajstić information content (AvgIpc) is 3.53. The van der Waals surface area contributed by atoms with Crippen molar-refractivity contribution < 1.29 is 9.32 Å². The summed E-state index contributed by atoms with van der Waals surface area (Å²) in [6.45, 7) is 5.70. The van der Waals surface area contributed by atoms with Crippen molar-refractivity contribution in [2.45, 2.75) is 13.5 Å². The number of rotatable bonds is 5. The van der Waals surface area contributed by atoms with E-state index in [0.29, 0.717) is 30.5 Å². The number of aromatic nitrogens is 4. The molecule has 162 valence electrons. The first-order valence-corrected chi connectivity index (χ1v) is 11.3. The summed E-state index contributed by atoms with van der Waals surface area (Å²) in [4.78, 5) is 30.7. The highest BCUT2D eigenvalue weighted by atomic mass is 32.1. The highest BCUT2D eigenvalue weighted by molar-refractivity contribution is 7.13. The van der Waals surface area contributed by atoms with E-state index < -0.39 is 0 Å². The number of hydrogen-bond acceptors (Lipinski definition) is 8. The normalized spacial score (nSPS) is 14.6. The predicted molar refractivity (Wildman–Crippen MR) is 121 cm³/mol. The first-order chi connectivity index (χ1) is 15.7. The Morgan fingerprint density at radius 1 is 1.06 bits per heavy atom. The molecule has 0 aliphatic carbocycles. The summed E-state index contributed by atoms with van der Waals surface area (Å²) >= 11 is 1.57. The molecule has 32 heavy (non-hydrogen) atoms. The van der Waals surface area contributed by atoms with E-state index in [1.54, 1.807) is 23.7 Å². The van der Waals surface area contributed by atoms with Crippen LogP contribution in [0.15, 0.2) is 58.7 Å². The fraction of sp³-hybridized carbons (Fsp3) is 0.261. The van der Waals surface area contributed by atoms with Gasteiger partial charge in [0, 0.05) is 44.5 Å². The van der Waals surface area contributed by atoms with Gasteiger partial charge in [0.05, 0.1) is 16.8 Å². The topological polar surface area (TPSA) is 88.3 Å². The quantitative estimate of drug-likeness (QED) is 0.463. The molecule has 4 heterocycles. The maximum Gasteiger partial charge on any atom is 0.274 e. The number of carbonyl (C=O) groups is 1. The average molecular weight is 447 g/mol. The molecule has 1 aromatic carbocycles.